The van der Waals surface area contributed by atoms with E-state index in [-0.39, 0.29) is 10.7 Å². The fourth-order valence-electron chi connectivity index (χ4n) is 3.61. The monoisotopic (exact) mass is 407 g/mol. The van der Waals surface area contributed by atoms with Crippen molar-refractivity contribution in [3.63, 3.8) is 0 Å². The molecule has 2 aromatic rings. The van der Waals surface area contributed by atoms with E-state index in [1.807, 2.05) is 11.4 Å². The number of nitrogens with zero attached hydrogens (tertiary/aromatic N) is 1. The average molecular weight is 408 g/mol. The highest BCUT2D eigenvalue weighted by Gasteiger charge is 2.54. The standard InChI is InChI=1S/C18H15ClFN3O3S/c19-10-3-4-12(20)13(8-10)21-15(24)9-23-16(25)18(22-17(23)26)6-1-2-14-11(18)5-7-27-14/h3-5,7-8H,1-2,6,9H2,(H,21,24)(H,22,26)/t18-/m1/s1. The van der Waals surface area contributed by atoms with Crippen LogP contribution in [0.3, 0.4) is 0 Å². The van der Waals surface area contributed by atoms with Crippen LogP contribution in [0.1, 0.15) is 23.3 Å². The fraction of sp³-hybridized carbons (Fsp3) is 0.278. The lowest BCUT2D eigenvalue weighted by atomic mass is 9.80. The van der Waals surface area contributed by atoms with E-state index in [4.69, 9.17) is 11.6 Å². The smallest absolute Gasteiger partial charge is 0.322 e. The Balaban J connectivity index is 1.54. The minimum Gasteiger partial charge on any atom is -0.322 e. The molecule has 6 nitrogen and oxygen atoms in total. The molecule has 2 N–H and O–H groups in total. The third-order valence-electron chi connectivity index (χ3n) is 4.84. The van der Waals surface area contributed by atoms with Gasteiger partial charge in [0.2, 0.25) is 5.91 Å². The zero-order chi connectivity index (χ0) is 19.2. The molecular weight excluding hydrogens is 393 g/mol. The summed E-state index contributed by atoms with van der Waals surface area (Å²) in [6.45, 7) is -0.502. The molecule has 1 aliphatic heterocycles. The van der Waals surface area contributed by atoms with Crippen LogP contribution in [0.15, 0.2) is 29.6 Å². The quantitative estimate of drug-likeness (QED) is 0.766. The molecule has 0 unspecified atom stereocenters. The Morgan fingerprint density at radius 1 is 1.37 bits per heavy atom. The fourth-order valence-corrected chi connectivity index (χ4v) is 4.78. The van der Waals surface area contributed by atoms with E-state index < -0.39 is 35.7 Å². The van der Waals surface area contributed by atoms with Crippen molar-refractivity contribution >= 4 is 46.5 Å². The second-order valence-corrected chi connectivity index (χ2v) is 7.95. The number of fused-ring (bicyclic) bond motifs is 2. The first-order valence-electron chi connectivity index (χ1n) is 8.36. The number of carbonyl (C=O) groups is 3. The molecule has 1 spiro atoms. The van der Waals surface area contributed by atoms with Crippen LogP contribution in [-0.4, -0.2) is 29.3 Å². The number of amides is 4. The summed E-state index contributed by atoms with van der Waals surface area (Å²) in [6, 6.07) is 4.97. The first kappa shape index (κ1) is 17.9. The van der Waals surface area contributed by atoms with Crippen molar-refractivity contribution in [1.82, 2.24) is 10.2 Å². The molecule has 1 atom stereocenters. The number of benzene rings is 1. The highest BCUT2D eigenvalue weighted by Crippen LogP contribution is 2.42. The van der Waals surface area contributed by atoms with Crippen molar-refractivity contribution in [1.29, 1.82) is 0 Å². The second-order valence-electron chi connectivity index (χ2n) is 6.51. The molecule has 2 aliphatic rings. The number of rotatable bonds is 3. The summed E-state index contributed by atoms with van der Waals surface area (Å²) in [6.07, 6.45) is 2.13. The number of hydrogen-bond acceptors (Lipinski definition) is 4. The number of anilines is 1. The lowest BCUT2D eigenvalue weighted by Crippen LogP contribution is -2.46. The van der Waals surface area contributed by atoms with Gasteiger partial charge in [-0.05, 0) is 48.9 Å². The van der Waals surface area contributed by atoms with E-state index in [0.717, 1.165) is 34.2 Å². The Kier molecular flexibility index (Phi) is 4.39. The Morgan fingerprint density at radius 2 is 2.19 bits per heavy atom. The van der Waals surface area contributed by atoms with Crippen molar-refractivity contribution in [2.45, 2.75) is 24.8 Å². The number of urea groups is 1. The molecule has 1 aromatic carbocycles. The molecule has 0 radical (unpaired) electrons. The predicted octanol–water partition coefficient (Wildman–Crippen LogP) is 3.26. The van der Waals surface area contributed by atoms with Crippen LogP contribution in [0.4, 0.5) is 14.9 Å². The molecule has 1 saturated heterocycles. The van der Waals surface area contributed by atoms with Gasteiger partial charge in [-0.25, -0.2) is 9.18 Å². The van der Waals surface area contributed by atoms with Gasteiger partial charge in [0.1, 0.15) is 17.9 Å². The van der Waals surface area contributed by atoms with Crippen molar-refractivity contribution in [3.8, 4) is 0 Å². The van der Waals surface area contributed by atoms with E-state index in [9.17, 15) is 18.8 Å². The van der Waals surface area contributed by atoms with Gasteiger partial charge in [0, 0.05) is 15.5 Å². The first-order valence-corrected chi connectivity index (χ1v) is 9.62. The molecule has 2 heterocycles. The maximum atomic E-state index is 13.8. The highest BCUT2D eigenvalue weighted by molar-refractivity contribution is 7.10. The van der Waals surface area contributed by atoms with Gasteiger partial charge in [0.25, 0.3) is 5.91 Å². The van der Waals surface area contributed by atoms with Crippen LogP contribution < -0.4 is 10.6 Å². The lowest BCUT2D eigenvalue weighted by molar-refractivity contribution is -0.134. The third-order valence-corrected chi connectivity index (χ3v) is 6.06. The molecule has 27 heavy (non-hydrogen) atoms. The van der Waals surface area contributed by atoms with Gasteiger partial charge in [-0.15, -0.1) is 11.3 Å². The largest absolute Gasteiger partial charge is 0.325 e. The Hall–Kier alpha value is -2.45. The minimum absolute atomic E-state index is 0.105. The van der Waals surface area contributed by atoms with Crippen molar-refractivity contribution in [3.05, 3.63) is 50.9 Å². The molecule has 0 saturated carbocycles. The van der Waals surface area contributed by atoms with Crippen molar-refractivity contribution < 1.29 is 18.8 Å². The summed E-state index contributed by atoms with van der Waals surface area (Å²) in [5.41, 5.74) is -0.403. The number of carbonyl (C=O) groups excluding carboxylic acids is 3. The summed E-state index contributed by atoms with van der Waals surface area (Å²) in [5.74, 6) is -1.79. The summed E-state index contributed by atoms with van der Waals surface area (Å²) < 4.78 is 13.8. The van der Waals surface area contributed by atoms with E-state index >= 15 is 0 Å². The SMILES string of the molecule is O=C(CN1C(=O)N[C@@]2(CCCc3sccc32)C1=O)Nc1cc(Cl)ccc1F. The zero-order valence-electron chi connectivity index (χ0n) is 14.1. The normalized spacial score (nSPS) is 21.3. The molecule has 1 aromatic heterocycles. The molecule has 1 fully saturated rings. The van der Waals surface area contributed by atoms with Crippen molar-refractivity contribution in [2.24, 2.45) is 0 Å². The molecular formula is C18H15ClFN3O3S. The highest BCUT2D eigenvalue weighted by atomic mass is 35.5. The number of aryl methyl sites for hydroxylation is 1. The van der Waals surface area contributed by atoms with Crippen molar-refractivity contribution in [2.75, 3.05) is 11.9 Å². The summed E-state index contributed by atoms with van der Waals surface area (Å²) >= 11 is 7.36. The number of imide groups is 1. The summed E-state index contributed by atoms with van der Waals surface area (Å²) in [7, 11) is 0. The number of hydrogen-bond donors (Lipinski definition) is 2. The number of nitrogens with one attached hydrogen (secondary N) is 2. The Morgan fingerprint density at radius 3 is 3.00 bits per heavy atom. The topological polar surface area (TPSA) is 78.5 Å². The van der Waals surface area contributed by atoms with Crippen LogP contribution in [0.25, 0.3) is 0 Å². The Labute approximate surface area is 163 Å². The van der Waals surface area contributed by atoms with Gasteiger partial charge in [0.05, 0.1) is 5.69 Å². The number of halogens is 2. The Bertz CT molecular complexity index is 963. The van der Waals surface area contributed by atoms with Gasteiger partial charge in [-0.2, -0.15) is 0 Å². The first-order chi connectivity index (χ1) is 12.9. The average Bonchev–Trinajstić information content (AvgIpc) is 3.19. The third kappa shape index (κ3) is 2.98. The minimum atomic E-state index is -1.10. The van der Waals surface area contributed by atoms with Gasteiger partial charge in [0.15, 0.2) is 0 Å². The van der Waals surface area contributed by atoms with E-state index in [1.54, 1.807) is 11.3 Å². The maximum Gasteiger partial charge on any atom is 0.325 e. The van der Waals surface area contributed by atoms with E-state index in [1.165, 1.54) is 12.1 Å². The zero-order valence-corrected chi connectivity index (χ0v) is 15.6. The van der Waals surface area contributed by atoms with E-state index in [2.05, 4.69) is 10.6 Å². The lowest BCUT2D eigenvalue weighted by Gasteiger charge is -2.31. The van der Waals surface area contributed by atoms with Crippen LogP contribution in [0, 0.1) is 5.82 Å². The molecule has 0 bridgehead atoms. The predicted molar refractivity (Wildman–Crippen MR) is 99.2 cm³/mol. The van der Waals surface area contributed by atoms with E-state index in [0.29, 0.717) is 6.42 Å². The molecule has 140 valence electrons. The molecule has 4 rings (SSSR count). The van der Waals surface area contributed by atoms with Crippen LogP contribution in [0.2, 0.25) is 5.02 Å². The maximum absolute atomic E-state index is 13.8. The van der Waals surface area contributed by atoms with Crippen LogP contribution >= 0.6 is 22.9 Å². The molecule has 1 aliphatic carbocycles. The second kappa shape index (κ2) is 6.61. The summed E-state index contributed by atoms with van der Waals surface area (Å²) in [4.78, 5) is 39.7. The van der Waals surface area contributed by atoms with Gasteiger partial charge in [-0.3, -0.25) is 14.5 Å². The van der Waals surface area contributed by atoms with Gasteiger partial charge in [-0.1, -0.05) is 11.6 Å². The van der Waals surface area contributed by atoms with Crippen LogP contribution in [-0.2, 0) is 21.5 Å². The number of thiophene rings is 1. The van der Waals surface area contributed by atoms with Gasteiger partial charge >= 0.3 is 6.03 Å². The van der Waals surface area contributed by atoms with Gasteiger partial charge < -0.3 is 10.6 Å². The summed E-state index contributed by atoms with van der Waals surface area (Å²) in [5, 5.41) is 7.28. The van der Waals surface area contributed by atoms with Crippen LogP contribution in [0.5, 0.6) is 0 Å². The molecule has 9 heteroatoms. The molecule has 4 amide bonds.